The largest absolute Gasteiger partial charge is 0.336 e. The first kappa shape index (κ1) is 19.4. The number of carbonyl (C=O) groups is 1. The van der Waals surface area contributed by atoms with Crippen molar-refractivity contribution in [1.82, 2.24) is 19.0 Å². The molecule has 1 unspecified atom stereocenters. The molecule has 1 saturated heterocycles. The molecule has 0 aliphatic carbocycles. The lowest BCUT2D eigenvalue weighted by atomic mass is 10.1. The Kier molecular flexibility index (Phi) is 5.21. The Labute approximate surface area is 170 Å². The Bertz CT molecular complexity index is 1100. The highest BCUT2D eigenvalue weighted by Crippen LogP contribution is 2.24. The zero-order valence-corrected chi connectivity index (χ0v) is 16.9. The Morgan fingerprint density at radius 3 is 2.52 bits per heavy atom. The Morgan fingerprint density at radius 1 is 1.03 bits per heavy atom. The van der Waals surface area contributed by atoms with Crippen LogP contribution in [0.15, 0.2) is 78.0 Å². The van der Waals surface area contributed by atoms with Gasteiger partial charge in [0.25, 0.3) is 5.91 Å². The van der Waals surface area contributed by atoms with E-state index in [2.05, 4.69) is 5.10 Å². The molecule has 29 heavy (non-hydrogen) atoms. The maximum Gasteiger partial charge on any atom is 0.253 e. The van der Waals surface area contributed by atoms with E-state index in [4.69, 9.17) is 0 Å². The Balaban J connectivity index is 1.53. The maximum atomic E-state index is 13.3. The van der Waals surface area contributed by atoms with Crippen LogP contribution in [0.2, 0.25) is 0 Å². The minimum atomic E-state index is -3.68. The van der Waals surface area contributed by atoms with Gasteiger partial charge in [-0.1, -0.05) is 24.3 Å². The van der Waals surface area contributed by atoms with Gasteiger partial charge in [-0.3, -0.25) is 4.79 Å². The zero-order chi connectivity index (χ0) is 20.4. The molecule has 1 fully saturated rings. The van der Waals surface area contributed by atoms with Gasteiger partial charge in [0.2, 0.25) is 10.0 Å². The van der Waals surface area contributed by atoms with Crippen molar-refractivity contribution < 1.29 is 13.2 Å². The number of aromatic nitrogens is 2. The van der Waals surface area contributed by atoms with Crippen molar-refractivity contribution in [3.05, 3.63) is 78.6 Å². The van der Waals surface area contributed by atoms with Crippen molar-refractivity contribution in [3.63, 3.8) is 0 Å². The predicted molar refractivity (Wildman–Crippen MR) is 109 cm³/mol. The fourth-order valence-electron chi connectivity index (χ4n) is 3.59. The number of hydrogen-bond donors (Lipinski definition) is 0. The molecule has 1 amide bonds. The van der Waals surface area contributed by atoms with Crippen molar-refractivity contribution in [3.8, 4) is 5.69 Å². The fourth-order valence-corrected chi connectivity index (χ4v) is 5.24. The van der Waals surface area contributed by atoms with Crippen LogP contribution in [-0.2, 0) is 10.0 Å². The van der Waals surface area contributed by atoms with Crippen LogP contribution in [0.4, 0.5) is 0 Å². The average molecular weight is 410 g/mol. The van der Waals surface area contributed by atoms with Crippen LogP contribution in [0.1, 0.15) is 17.3 Å². The van der Waals surface area contributed by atoms with Gasteiger partial charge in [0, 0.05) is 43.6 Å². The number of rotatable bonds is 4. The summed E-state index contributed by atoms with van der Waals surface area (Å²) in [5, 5.41) is 4.16. The molecule has 2 aromatic carbocycles. The van der Waals surface area contributed by atoms with Gasteiger partial charge in [0.05, 0.1) is 10.6 Å². The Hall–Kier alpha value is -2.97. The first-order valence-corrected chi connectivity index (χ1v) is 10.9. The number of hydrogen-bond acceptors (Lipinski definition) is 4. The van der Waals surface area contributed by atoms with Crippen molar-refractivity contribution in [2.24, 2.45) is 0 Å². The lowest BCUT2D eigenvalue weighted by molar-refractivity contribution is 0.0642. The third kappa shape index (κ3) is 3.81. The van der Waals surface area contributed by atoms with Crippen LogP contribution < -0.4 is 0 Å². The van der Waals surface area contributed by atoms with Gasteiger partial charge in [-0.2, -0.15) is 9.40 Å². The molecule has 3 aromatic rings. The van der Waals surface area contributed by atoms with Crippen LogP contribution in [0.25, 0.3) is 5.69 Å². The minimum absolute atomic E-state index is 0.0739. The summed E-state index contributed by atoms with van der Waals surface area (Å²) in [7, 11) is -3.68. The summed E-state index contributed by atoms with van der Waals surface area (Å²) in [6, 6.07) is 17.3. The number of amides is 1. The van der Waals surface area contributed by atoms with Gasteiger partial charge in [0.15, 0.2) is 0 Å². The van der Waals surface area contributed by atoms with Crippen LogP contribution in [0, 0.1) is 0 Å². The van der Waals surface area contributed by atoms with Gasteiger partial charge in [0.1, 0.15) is 0 Å². The second-order valence-corrected chi connectivity index (χ2v) is 8.92. The van der Waals surface area contributed by atoms with Gasteiger partial charge < -0.3 is 4.90 Å². The molecular formula is C21H22N4O3S. The third-order valence-corrected chi connectivity index (χ3v) is 7.08. The monoisotopic (exact) mass is 410 g/mol. The summed E-state index contributed by atoms with van der Waals surface area (Å²) in [5.41, 5.74) is 1.30. The van der Waals surface area contributed by atoms with Crippen LogP contribution >= 0.6 is 0 Å². The van der Waals surface area contributed by atoms with Crippen molar-refractivity contribution in [1.29, 1.82) is 0 Å². The van der Waals surface area contributed by atoms with E-state index < -0.39 is 10.0 Å². The lowest BCUT2D eigenvalue weighted by Gasteiger charge is -2.39. The van der Waals surface area contributed by atoms with E-state index in [0.717, 1.165) is 0 Å². The molecule has 0 N–H and O–H groups in total. The van der Waals surface area contributed by atoms with Gasteiger partial charge >= 0.3 is 0 Å². The number of nitrogens with zero attached hydrogens (tertiary/aromatic N) is 4. The molecule has 0 spiro atoms. The fraction of sp³-hybridized carbons (Fsp3) is 0.238. The van der Waals surface area contributed by atoms with E-state index >= 15 is 0 Å². The molecule has 1 aliphatic rings. The standard InChI is InChI=1S/C21H22N4O3S/c1-17-16-23(21(26)18-7-3-2-4-8-18)13-14-25(17)29(27,28)20-10-5-9-19(15-20)24-12-6-11-22-24/h2-12,15,17H,13-14,16H2,1H3. The third-order valence-electron chi connectivity index (χ3n) is 5.07. The van der Waals surface area contributed by atoms with Crippen LogP contribution in [-0.4, -0.2) is 59.0 Å². The number of benzene rings is 2. The molecule has 7 nitrogen and oxygen atoms in total. The first-order chi connectivity index (χ1) is 14.0. The second kappa shape index (κ2) is 7.81. The smallest absolute Gasteiger partial charge is 0.253 e. The molecule has 4 rings (SSSR count). The quantitative estimate of drug-likeness (QED) is 0.662. The van der Waals surface area contributed by atoms with E-state index in [9.17, 15) is 13.2 Å². The van der Waals surface area contributed by atoms with Crippen molar-refractivity contribution in [2.75, 3.05) is 19.6 Å². The summed E-state index contributed by atoms with van der Waals surface area (Å²) in [6.45, 7) is 2.80. The van der Waals surface area contributed by atoms with Gasteiger partial charge in [-0.15, -0.1) is 0 Å². The molecule has 150 valence electrons. The molecule has 1 atom stereocenters. The highest BCUT2D eigenvalue weighted by molar-refractivity contribution is 7.89. The SMILES string of the molecule is CC1CN(C(=O)c2ccccc2)CCN1S(=O)(=O)c1cccc(-n2cccn2)c1. The van der Waals surface area contributed by atoms with Gasteiger partial charge in [-0.25, -0.2) is 13.1 Å². The first-order valence-electron chi connectivity index (χ1n) is 9.43. The highest BCUT2D eigenvalue weighted by atomic mass is 32.2. The zero-order valence-electron chi connectivity index (χ0n) is 16.0. The second-order valence-electron chi connectivity index (χ2n) is 7.03. The topological polar surface area (TPSA) is 75.5 Å². The van der Waals surface area contributed by atoms with E-state index in [0.29, 0.717) is 24.3 Å². The number of carbonyl (C=O) groups excluding carboxylic acids is 1. The van der Waals surface area contributed by atoms with E-state index in [1.165, 1.54) is 4.31 Å². The molecule has 1 aromatic heterocycles. The Morgan fingerprint density at radius 2 is 1.83 bits per heavy atom. The summed E-state index contributed by atoms with van der Waals surface area (Å²) in [4.78, 5) is 14.6. The predicted octanol–water partition coefficient (Wildman–Crippen LogP) is 2.41. The maximum absolute atomic E-state index is 13.3. The van der Waals surface area contributed by atoms with Crippen molar-refractivity contribution in [2.45, 2.75) is 17.9 Å². The molecule has 0 bridgehead atoms. The summed E-state index contributed by atoms with van der Waals surface area (Å²) in [5.74, 6) is -0.0739. The number of sulfonamides is 1. The number of piperazine rings is 1. The summed E-state index contributed by atoms with van der Waals surface area (Å²) < 4.78 is 29.6. The molecule has 1 aliphatic heterocycles. The molecule has 0 radical (unpaired) electrons. The molecule has 0 saturated carbocycles. The van der Waals surface area contributed by atoms with Crippen LogP contribution in [0.3, 0.4) is 0 Å². The lowest BCUT2D eigenvalue weighted by Crippen LogP contribution is -2.55. The summed E-state index contributed by atoms with van der Waals surface area (Å²) in [6.07, 6.45) is 3.41. The molecule has 2 heterocycles. The molecular weight excluding hydrogens is 388 g/mol. The normalized spacial score (nSPS) is 18.0. The van der Waals surface area contributed by atoms with E-state index in [1.807, 2.05) is 31.2 Å². The minimum Gasteiger partial charge on any atom is -0.336 e. The average Bonchev–Trinajstić information content (AvgIpc) is 3.29. The van der Waals surface area contributed by atoms with Crippen LogP contribution in [0.5, 0.6) is 0 Å². The van der Waals surface area contributed by atoms with E-state index in [-0.39, 0.29) is 23.4 Å². The van der Waals surface area contributed by atoms with Crippen molar-refractivity contribution >= 4 is 15.9 Å². The van der Waals surface area contributed by atoms with E-state index in [1.54, 1.807) is 58.4 Å². The summed E-state index contributed by atoms with van der Waals surface area (Å²) >= 11 is 0. The molecule has 8 heteroatoms. The van der Waals surface area contributed by atoms with Gasteiger partial charge in [-0.05, 0) is 43.3 Å². The highest BCUT2D eigenvalue weighted by Gasteiger charge is 2.35.